The van der Waals surface area contributed by atoms with Gasteiger partial charge < -0.3 is 24.6 Å². The summed E-state index contributed by atoms with van der Waals surface area (Å²) in [5.41, 5.74) is 2.11. The number of carbonyl (C=O) groups excluding carboxylic acids is 2. The van der Waals surface area contributed by atoms with E-state index in [0.29, 0.717) is 54.4 Å². The second-order valence-electron chi connectivity index (χ2n) is 7.71. The van der Waals surface area contributed by atoms with E-state index in [2.05, 4.69) is 21.3 Å². The number of benzene rings is 1. The van der Waals surface area contributed by atoms with Gasteiger partial charge in [0, 0.05) is 23.0 Å². The van der Waals surface area contributed by atoms with Crippen molar-refractivity contribution in [2.24, 2.45) is 0 Å². The van der Waals surface area contributed by atoms with Crippen LogP contribution < -0.4 is 10.2 Å². The number of fused-ring (bicyclic) bond motifs is 1. The Morgan fingerprint density at radius 3 is 2.87 bits per heavy atom. The van der Waals surface area contributed by atoms with Gasteiger partial charge in [-0.3, -0.25) is 14.6 Å². The SMILES string of the molecule is N#C[C@@H]1CSCN1C(=O)CNC(=O)c1ccnc2ccc(N3CC4(C3)OCCO4)cc12. The van der Waals surface area contributed by atoms with Crippen LogP contribution in [0.25, 0.3) is 10.9 Å². The molecule has 160 valence electrons. The Morgan fingerprint density at radius 2 is 2.10 bits per heavy atom. The van der Waals surface area contributed by atoms with E-state index < -0.39 is 11.8 Å². The summed E-state index contributed by atoms with van der Waals surface area (Å²) in [6.07, 6.45) is 1.58. The molecule has 5 rings (SSSR count). The Morgan fingerprint density at radius 1 is 1.29 bits per heavy atom. The lowest BCUT2D eigenvalue weighted by molar-refractivity contribution is -0.172. The van der Waals surface area contributed by atoms with Crippen LogP contribution in [-0.2, 0) is 14.3 Å². The van der Waals surface area contributed by atoms with Crippen LogP contribution in [0.3, 0.4) is 0 Å². The Labute approximate surface area is 183 Å². The standard InChI is InChI=1S/C21H21N5O4S/c22-8-15-10-31-13-26(15)19(27)9-24-20(28)16-3-4-23-18-2-1-14(7-17(16)18)25-11-21(12-25)29-5-6-30-21/h1-4,7,15H,5-6,9-13H2,(H,24,28)/t15-/m1/s1. The molecule has 0 aliphatic carbocycles. The molecule has 1 aromatic carbocycles. The lowest BCUT2D eigenvalue weighted by Crippen LogP contribution is -2.62. The highest BCUT2D eigenvalue weighted by atomic mass is 32.2. The van der Waals surface area contributed by atoms with Gasteiger partial charge in [-0.1, -0.05) is 0 Å². The first-order chi connectivity index (χ1) is 15.1. The fourth-order valence-corrected chi connectivity index (χ4v) is 5.18. The summed E-state index contributed by atoms with van der Waals surface area (Å²) in [6.45, 7) is 2.36. The molecule has 2 aromatic rings. The van der Waals surface area contributed by atoms with Gasteiger partial charge in [-0.15, -0.1) is 11.8 Å². The van der Waals surface area contributed by atoms with Gasteiger partial charge in [0.05, 0.1) is 55.9 Å². The Balaban J connectivity index is 1.30. The number of pyridine rings is 1. The minimum Gasteiger partial charge on any atom is -0.361 e. The molecule has 3 aliphatic rings. The van der Waals surface area contributed by atoms with Gasteiger partial charge in [-0.05, 0) is 24.3 Å². The van der Waals surface area contributed by atoms with E-state index >= 15 is 0 Å². The molecule has 1 atom stereocenters. The summed E-state index contributed by atoms with van der Waals surface area (Å²) in [5, 5.41) is 12.6. The van der Waals surface area contributed by atoms with Crippen LogP contribution in [0, 0.1) is 11.3 Å². The summed E-state index contributed by atoms with van der Waals surface area (Å²) < 4.78 is 11.4. The zero-order chi connectivity index (χ0) is 21.4. The third-order valence-corrected chi connectivity index (χ3v) is 6.78. The molecule has 31 heavy (non-hydrogen) atoms. The maximum Gasteiger partial charge on any atom is 0.252 e. The number of nitriles is 1. The molecule has 9 nitrogen and oxygen atoms in total. The van der Waals surface area contributed by atoms with Gasteiger partial charge in [-0.2, -0.15) is 5.26 Å². The second-order valence-corrected chi connectivity index (χ2v) is 8.71. The summed E-state index contributed by atoms with van der Waals surface area (Å²) in [6, 6.07) is 9.12. The number of nitrogens with one attached hydrogen (secondary N) is 1. The molecule has 3 saturated heterocycles. The van der Waals surface area contributed by atoms with Crippen molar-refractivity contribution in [3.05, 3.63) is 36.0 Å². The number of hydrogen-bond donors (Lipinski definition) is 1. The number of amides is 2. The highest BCUT2D eigenvalue weighted by Gasteiger charge is 2.48. The van der Waals surface area contributed by atoms with Crippen molar-refractivity contribution in [3.8, 4) is 6.07 Å². The average molecular weight is 439 g/mol. The third-order valence-electron chi connectivity index (χ3n) is 5.76. The molecule has 1 N–H and O–H groups in total. The number of hydrogen-bond acceptors (Lipinski definition) is 8. The van der Waals surface area contributed by atoms with Crippen molar-refractivity contribution in [2.75, 3.05) is 49.4 Å². The normalized spacial score (nSPS) is 21.8. The van der Waals surface area contributed by atoms with Crippen molar-refractivity contribution in [1.82, 2.24) is 15.2 Å². The molecule has 1 aromatic heterocycles. The maximum absolute atomic E-state index is 12.9. The van der Waals surface area contributed by atoms with E-state index in [1.165, 1.54) is 16.7 Å². The van der Waals surface area contributed by atoms with E-state index in [9.17, 15) is 9.59 Å². The zero-order valence-corrected chi connectivity index (χ0v) is 17.6. The van der Waals surface area contributed by atoms with Crippen molar-refractivity contribution in [2.45, 2.75) is 11.8 Å². The van der Waals surface area contributed by atoms with Crippen LogP contribution >= 0.6 is 11.8 Å². The third kappa shape index (κ3) is 3.69. The number of thioether (sulfide) groups is 1. The fraction of sp³-hybridized carbons (Fsp3) is 0.429. The molecule has 3 fully saturated rings. The van der Waals surface area contributed by atoms with Gasteiger partial charge in [0.25, 0.3) is 5.91 Å². The van der Waals surface area contributed by atoms with E-state index in [0.717, 1.165) is 5.69 Å². The largest absolute Gasteiger partial charge is 0.361 e. The first kappa shape index (κ1) is 20.1. The fourth-order valence-electron chi connectivity index (χ4n) is 4.07. The number of anilines is 1. The molecule has 3 aliphatic heterocycles. The van der Waals surface area contributed by atoms with Crippen LogP contribution in [0.4, 0.5) is 5.69 Å². The van der Waals surface area contributed by atoms with Crippen LogP contribution in [0.5, 0.6) is 0 Å². The highest BCUT2D eigenvalue weighted by molar-refractivity contribution is 7.99. The van der Waals surface area contributed by atoms with Gasteiger partial charge in [-0.25, -0.2) is 0 Å². The number of ether oxygens (including phenoxy) is 2. The number of nitrogens with zero attached hydrogens (tertiary/aromatic N) is 4. The summed E-state index contributed by atoms with van der Waals surface area (Å²) in [5.74, 6) is -0.0344. The van der Waals surface area contributed by atoms with Crippen molar-refractivity contribution >= 4 is 40.2 Å². The summed E-state index contributed by atoms with van der Waals surface area (Å²) in [7, 11) is 0. The van der Waals surface area contributed by atoms with Crippen LogP contribution in [-0.4, -0.2) is 78.0 Å². The molecule has 0 radical (unpaired) electrons. The molecule has 0 unspecified atom stereocenters. The molecule has 4 heterocycles. The van der Waals surface area contributed by atoms with Crippen LogP contribution in [0.1, 0.15) is 10.4 Å². The Hall–Kier alpha value is -2.87. The lowest BCUT2D eigenvalue weighted by Gasteiger charge is -2.47. The van der Waals surface area contributed by atoms with E-state index in [-0.39, 0.29) is 18.4 Å². The van der Waals surface area contributed by atoms with Gasteiger partial charge in [0.2, 0.25) is 11.7 Å². The monoisotopic (exact) mass is 439 g/mol. The highest BCUT2D eigenvalue weighted by Crippen LogP contribution is 2.35. The van der Waals surface area contributed by atoms with E-state index in [1.807, 2.05) is 18.2 Å². The van der Waals surface area contributed by atoms with Crippen molar-refractivity contribution < 1.29 is 19.1 Å². The van der Waals surface area contributed by atoms with Gasteiger partial charge in [0.1, 0.15) is 6.04 Å². The Bertz CT molecular complexity index is 1070. The van der Waals surface area contributed by atoms with Crippen molar-refractivity contribution in [3.63, 3.8) is 0 Å². The lowest BCUT2D eigenvalue weighted by atomic mass is 10.0. The maximum atomic E-state index is 12.9. The average Bonchev–Trinajstić information content (AvgIpc) is 3.45. The molecule has 0 bridgehead atoms. The van der Waals surface area contributed by atoms with Crippen LogP contribution in [0.2, 0.25) is 0 Å². The number of aromatic nitrogens is 1. The summed E-state index contributed by atoms with van der Waals surface area (Å²) >= 11 is 1.53. The first-order valence-corrected chi connectivity index (χ1v) is 11.2. The predicted octanol–water partition coefficient (Wildman–Crippen LogP) is 0.953. The quantitative estimate of drug-likeness (QED) is 0.750. The minimum absolute atomic E-state index is 0.148. The van der Waals surface area contributed by atoms with Gasteiger partial charge >= 0.3 is 0 Å². The first-order valence-electron chi connectivity index (χ1n) is 10.1. The molecular weight excluding hydrogens is 418 g/mol. The number of rotatable bonds is 4. The molecule has 1 spiro atoms. The van der Waals surface area contributed by atoms with Crippen molar-refractivity contribution in [1.29, 1.82) is 5.26 Å². The van der Waals surface area contributed by atoms with Gasteiger partial charge in [0.15, 0.2) is 0 Å². The number of carbonyl (C=O) groups is 2. The van der Waals surface area contributed by atoms with Crippen LogP contribution in [0.15, 0.2) is 30.5 Å². The Kier molecular flexibility index (Phi) is 5.17. The molecular formula is C21H21N5O4S. The predicted molar refractivity (Wildman–Crippen MR) is 114 cm³/mol. The second kappa shape index (κ2) is 8.00. The van der Waals surface area contributed by atoms with E-state index in [1.54, 1.807) is 12.3 Å². The molecule has 0 saturated carbocycles. The zero-order valence-electron chi connectivity index (χ0n) is 16.7. The molecule has 10 heteroatoms. The smallest absolute Gasteiger partial charge is 0.252 e. The summed E-state index contributed by atoms with van der Waals surface area (Å²) in [4.78, 5) is 33.3. The van der Waals surface area contributed by atoms with E-state index in [4.69, 9.17) is 14.7 Å². The molecule has 2 amide bonds. The topological polar surface area (TPSA) is 108 Å². The minimum atomic E-state index is -0.500.